The molecule has 0 aliphatic heterocycles. The number of sulfone groups is 1. The van der Waals surface area contributed by atoms with Crippen molar-refractivity contribution in [3.8, 4) is 0 Å². The zero-order valence-electron chi connectivity index (χ0n) is 16.3. The lowest BCUT2D eigenvalue weighted by Crippen LogP contribution is -2.43. The molecule has 29 heavy (non-hydrogen) atoms. The average molecular weight is 458 g/mol. The number of hydrogen-bond acceptors (Lipinski definition) is 7. The van der Waals surface area contributed by atoms with Crippen LogP contribution in [0.25, 0.3) is 0 Å². The topological polar surface area (TPSA) is 108 Å². The normalized spacial score (nSPS) is 13.1. The molecule has 0 bridgehead atoms. The van der Waals surface area contributed by atoms with Crippen molar-refractivity contribution in [3.63, 3.8) is 0 Å². The van der Waals surface area contributed by atoms with Crippen LogP contribution in [0.3, 0.4) is 0 Å². The van der Waals surface area contributed by atoms with Gasteiger partial charge < -0.3 is 13.3 Å². The Kier molecular flexibility index (Phi) is 7.85. The van der Waals surface area contributed by atoms with Crippen molar-refractivity contribution in [2.75, 3.05) is 21.3 Å². The molecule has 0 atom stereocenters. The zero-order valence-corrected chi connectivity index (χ0v) is 18.9. The first-order chi connectivity index (χ1) is 13.7. The van der Waals surface area contributed by atoms with Crippen LogP contribution in [-0.4, -0.2) is 52.5 Å². The molecule has 2 aromatic carbocycles. The second-order valence-corrected chi connectivity index (χ2v) is 12.5. The molecule has 0 aromatic heterocycles. The van der Waals surface area contributed by atoms with Crippen LogP contribution in [0.15, 0.2) is 68.8 Å². The van der Waals surface area contributed by atoms with Gasteiger partial charge in [0.1, 0.15) is 5.55 Å². The van der Waals surface area contributed by atoms with Crippen molar-refractivity contribution in [1.82, 2.24) is 0 Å². The molecule has 0 amide bonds. The first-order valence-corrected chi connectivity index (χ1v) is 13.4. The Morgan fingerprint density at radius 2 is 1.38 bits per heavy atom. The number of aryl methyl sites for hydroxylation is 1. The molecule has 0 saturated carbocycles. The summed E-state index contributed by atoms with van der Waals surface area (Å²) in [6.45, 7) is 0. The predicted octanol–water partition coefficient (Wildman–Crippen LogP) is 2.30. The zero-order chi connectivity index (χ0) is 21.5. The maximum Gasteiger partial charge on any atom is 0.500 e. The Bertz CT molecular complexity index is 1030. The minimum Gasteiger partial charge on any atom is -0.377 e. The van der Waals surface area contributed by atoms with Gasteiger partial charge in [-0.3, -0.25) is 0 Å². The summed E-state index contributed by atoms with van der Waals surface area (Å²) in [6, 6.07) is 14.0. The fourth-order valence-electron chi connectivity index (χ4n) is 2.53. The van der Waals surface area contributed by atoms with Gasteiger partial charge in [-0.1, -0.05) is 30.3 Å². The Labute approximate surface area is 172 Å². The van der Waals surface area contributed by atoms with E-state index < -0.39 is 28.7 Å². The fraction of sp³-hybridized carbons (Fsp3) is 0.278. The van der Waals surface area contributed by atoms with Gasteiger partial charge in [0.05, 0.1) is 9.79 Å². The monoisotopic (exact) mass is 457 g/mol. The van der Waals surface area contributed by atoms with Crippen LogP contribution < -0.4 is 0 Å². The molecule has 0 N–H and O–H groups in total. The molecule has 0 aliphatic rings. The van der Waals surface area contributed by atoms with Gasteiger partial charge in [-0.15, -0.1) is 0 Å². The van der Waals surface area contributed by atoms with Crippen LogP contribution in [0, 0.1) is 0 Å². The van der Waals surface area contributed by atoms with Crippen LogP contribution in [0.1, 0.15) is 5.56 Å². The maximum atomic E-state index is 12.4. The molecule has 0 unspecified atom stereocenters. The number of rotatable bonds is 10. The van der Waals surface area contributed by atoms with E-state index >= 15 is 0 Å². The molecule has 0 heterocycles. The minimum atomic E-state index is -4.15. The van der Waals surface area contributed by atoms with E-state index in [1.165, 1.54) is 45.6 Å². The summed E-state index contributed by atoms with van der Waals surface area (Å²) in [6.07, 6.45) is 0.563. The molecule has 0 fully saturated rings. The third kappa shape index (κ3) is 6.04. The first-order valence-electron chi connectivity index (χ1n) is 8.53. The molecule has 11 heteroatoms. The second-order valence-electron chi connectivity index (χ2n) is 5.98. The van der Waals surface area contributed by atoms with Gasteiger partial charge in [0, 0.05) is 27.4 Å². The van der Waals surface area contributed by atoms with Crippen molar-refractivity contribution >= 4 is 34.2 Å². The minimum absolute atomic E-state index is 0.0311. The average Bonchev–Trinajstić information content (AvgIpc) is 2.75. The molecular formula is C18H23NO7S2Si. The quantitative estimate of drug-likeness (QED) is 0.306. The number of hydrogen-bond donors (Lipinski definition) is 0. The van der Waals surface area contributed by atoms with E-state index in [4.69, 9.17) is 13.3 Å². The lowest BCUT2D eigenvalue weighted by Gasteiger charge is -2.24. The predicted molar refractivity (Wildman–Crippen MR) is 111 cm³/mol. The molecule has 0 spiro atoms. The second kappa shape index (κ2) is 9.74. The van der Waals surface area contributed by atoms with Crippen LogP contribution in [0.5, 0.6) is 0 Å². The summed E-state index contributed by atoms with van der Waals surface area (Å²) < 4.78 is 68.5. The van der Waals surface area contributed by atoms with E-state index in [0.29, 0.717) is 18.0 Å². The first kappa shape index (κ1) is 23.4. The van der Waals surface area contributed by atoms with Crippen molar-refractivity contribution in [2.45, 2.75) is 22.3 Å². The molecular weight excluding hydrogens is 434 g/mol. The van der Waals surface area contributed by atoms with Gasteiger partial charge in [-0.2, -0.15) is 12.8 Å². The van der Waals surface area contributed by atoms with Crippen LogP contribution >= 0.6 is 0 Å². The molecule has 0 saturated heterocycles. The summed E-state index contributed by atoms with van der Waals surface area (Å²) in [5, 5.41) is 0. The lowest BCUT2D eigenvalue weighted by molar-refractivity contribution is 0.123. The van der Waals surface area contributed by atoms with Crippen LogP contribution in [0.4, 0.5) is 0 Å². The lowest BCUT2D eigenvalue weighted by atomic mass is 10.2. The highest BCUT2D eigenvalue weighted by molar-refractivity contribution is 8.05. The van der Waals surface area contributed by atoms with Crippen molar-refractivity contribution < 1.29 is 30.1 Å². The van der Waals surface area contributed by atoms with E-state index in [9.17, 15) is 16.8 Å². The molecule has 2 aromatic rings. The van der Waals surface area contributed by atoms with Gasteiger partial charge in [0.25, 0.3) is 10.0 Å². The largest absolute Gasteiger partial charge is 0.500 e. The van der Waals surface area contributed by atoms with Crippen LogP contribution in [0.2, 0.25) is 6.04 Å². The Balaban J connectivity index is 2.14. The Morgan fingerprint density at radius 3 is 1.90 bits per heavy atom. The van der Waals surface area contributed by atoms with Gasteiger partial charge >= 0.3 is 8.80 Å². The van der Waals surface area contributed by atoms with Gasteiger partial charge in [0.2, 0.25) is 9.84 Å². The van der Waals surface area contributed by atoms with E-state index in [-0.39, 0.29) is 9.79 Å². The van der Waals surface area contributed by atoms with Gasteiger partial charge in [-0.25, -0.2) is 8.42 Å². The van der Waals surface area contributed by atoms with Crippen molar-refractivity contribution in [3.05, 3.63) is 60.2 Å². The van der Waals surface area contributed by atoms with Gasteiger partial charge in [-0.05, 0) is 36.2 Å². The molecule has 158 valence electrons. The van der Waals surface area contributed by atoms with E-state index in [2.05, 4.69) is 4.40 Å². The van der Waals surface area contributed by atoms with Crippen LogP contribution in [-0.2, 0) is 39.6 Å². The smallest absolute Gasteiger partial charge is 0.377 e. The highest BCUT2D eigenvalue weighted by atomic mass is 32.2. The summed E-state index contributed by atoms with van der Waals surface area (Å²) in [5.41, 5.74) is 1.31. The third-order valence-electron chi connectivity index (χ3n) is 4.27. The summed E-state index contributed by atoms with van der Waals surface area (Å²) in [5.74, 6) is 0. The molecule has 0 aliphatic carbocycles. The van der Waals surface area contributed by atoms with E-state index in [0.717, 1.165) is 5.56 Å². The SMILES string of the molecule is CO[Si](CCc1ccc(S(=O)(=O)N=CS(=O)(=O)c2ccccc2)cc1)(OC)OC. The highest BCUT2D eigenvalue weighted by Gasteiger charge is 2.37. The summed E-state index contributed by atoms with van der Waals surface area (Å²) >= 11 is 0. The van der Waals surface area contributed by atoms with E-state index in [1.807, 2.05) is 0 Å². The van der Waals surface area contributed by atoms with Crippen molar-refractivity contribution in [2.24, 2.45) is 4.40 Å². The highest BCUT2D eigenvalue weighted by Crippen LogP contribution is 2.19. The fourth-order valence-corrected chi connectivity index (χ4v) is 6.40. The number of benzene rings is 2. The third-order valence-corrected chi connectivity index (χ3v) is 9.69. The molecule has 2 rings (SSSR count). The van der Waals surface area contributed by atoms with E-state index in [1.54, 1.807) is 30.3 Å². The number of nitrogens with zero attached hydrogens (tertiary/aromatic N) is 1. The number of sulfonamides is 1. The summed E-state index contributed by atoms with van der Waals surface area (Å²) in [7, 11) is -6.25. The Morgan fingerprint density at radius 1 is 0.828 bits per heavy atom. The summed E-state index contributed by atoms with van der Waals surface area (Å²) in [4.78, 5) is -0.133. The van der Waals surface area contributed by atoms with Gasteiger partial charge in [0.15, 0.2) is 0 Å². The standard InChI is InChI=1S/C18H23NO7S2Si/c1-24-29(25-2,26-3)14-13-16-9-11-18(12-10-16)28(22,23)19-15-27(20,21)17-7-5-4-6-8-17/h4-12,15H,13-14H2,1-3H3. The molecule has 8 nitrogen and oxygen atoms in total. The molecule has 0 radical (unpaired) electrons. The maximum absolute atomic E-state index is 12.4. The Hall–Kier alpha value is -1.89. The van der Waals surface area contributed by atoms with Crippen molar-refractivity contribution in [1.29, 1.82) is 0 Å².